The summed E-state index contributed by atoms with van der Waals surface area (Å²) in [5.74, 6) is 0. The molecule has 2 aromatic rings. The number of nitriles is 1. The van der Waals surface area contributed by atoms with E-state index in [2.05, 4.69) is 16.4 Å². The predicted octanol–water partition coefficient (Wildman–Crippen LogP) is 4.03. The van der Waals surface area contributed by atoms with Gasteiger partial charge in [0.1, 0.15) is 6.07 Å². The van der Waals surface area contributed by atoms with Crippen molar-refractivity contribution in [1.29, 1.82) is 5.26 Å². The lowest BCUT2D eigenvalue weighted by Crippen LogP contribution is -1.93. The van der Waals surface area contributed by atoms with Gasteiger partial charge in [-0.3, -0.25) is 0 Å². The summed E-state index contributed by atoms with van der Waals surface area (Å²) >= 11 is 7.40. The quantitative estimate of drug-likeness (QED) is 0.890. The van der Waals surface area contributed by atoms with Crippen molar-refractivity contribution in [1.82, 2.24) is 4.98 Å². The normalized spacial score (nSPS) is 10.0. The Bertz CT molecular complexity index is 579. The molecule has 17 heavy (non-hydrogen) atoms. The third kappa shape index (κ3) is 2.57. The molecule has 0 aliphatic heterocycles. The molecule has 0 unspecified atom stereocenters. The molecule has 0 atom stereocenters. The van der Waals surface area contributed by atoms with E-state index in [1.54, 1.807) is 29.5 Å². The molecule has 1 heterocycles. The number of rotatable bonds is 2. The molecule has 1 aromatic heterocycles. The number of anilines is 2. The van der Waals surface area contributed by atoms with Gasteiger partial charge in [0.05, 0.1) is 16.9 Å². The number of nitrogens with one attached hydrogen (secondary N) is 1. The highest BCUT2D eigenvalue weighted by atomic mass is 35.5. The van der Waals surface area contributed by atoms with E-state index in [1.807, 2.05) is 13.8 Å². The maximum atomic E-state index is 9.02. The van der Waals surface area contributed by atoms with E-state index in [4.69, 9.17) is 16.9 Å². The van der Waals surface area contributed by atoms with Crippen molar-refractivity contribution in [3.05, 3.63) is 39.4 Å². The van der Waals surface area contributed by atoms with Crippen LogP contribution in [-0.4, -0.2) is 4.98 Å². The van der Waals surface area contributed by atoms with Crippen LogP contribution < -0.4 is 5.32 Å². The SMILES string of the molecule is Cc1nc(Nc2ccc(Cl)cc2C#N)sc1C. The van der Waals surface area contributed by atoms with Gasteiger partial charge in [-0.2, -0.15) is 5.26 Å². The van der Waals surface area contributed by atoms with Crippen molar-refractivity contribution >= 4 is 33.8 Å². The van der Waals surface area contributed by atoms with Gasteiger partial charge in [0.25, 0.3) is 0 Å². The minimum atomic E-state index is 0.517. The van der Waals surface area contributed by atoms with Gasteiger partial charge in [0.15, 0.2) is 5.13 Å². The van der Waals surface area contributed by atoms with E-state index in [0.717, 1.165) is 16.5 Å². The van der Waals surface area contributed by atoms with Gasteiger partial charge in [-0.05, 0) is 32.0 Å². The summed E-state index contributed by atoms with van der Waals surface area (Å²) in [6.07, 6.45) is 0. The molecule has 0 radical (unpaired) electrons. The topological polar surface area (TPSA) is 48.7 Å². The molecular formula is C12H10ClN3S. The van der Waals surface area contributed by atoms with Crippen LogP contribution in [0.3, 0.4) is 0 Å². The maximum absolute atomic E-state index is 9.02. The van der Waals surface area contributed by atoms with Gasteiger partial charge < -0.3 is 5.32 Å². The summed E-state index contributed by atoms with van der Waals surface area (Å²) in [5.41, 5.74) is 2.25. The minimum Gasteiger partial charge on any atom is -0.330 e. The van der Waals surface area contributed by atoms with Crippen LogP contribution in [0.4, 0.5) is 10.8 Å². The van der Waals surface area contributed by atoms with Crippen LogP contribution in [0.15, 0.2) is 18.2 Å². The Morgan fingerprint density at radius 1 is 1.41 bits per heavy atom. The van der Waals surface area contributed by atoms with Crippen molar-refractivity contribution in [2.24, 2.45) is 0 Å². The van der Waals surface area contributed by atoms with E-state index in [9.17, 15) is 0 Å². The lowest BCUT2D eigenvalue weighted by Gasteiger charge is -2.04. The summed E-state index contributed by atoms with van der Waals surface area (Å²) in [7, 11) is 0. The first-order valence-electron chi connectivity index (χ1n) is 5.01. The lowest BCUT2D eigenvalue weighted by molar-refractivity contribution is 1.23. The molecule has 0 amide bonds. The monoisotopic (exact) mass is 263 g/mol. The van der Waals surface area contributed by atoms with Crippen LogP contribution in [0.2, 0.25) is 5.02 Å². The second kappa shape index (κ2) is 4.74. The van der Waals surface area contributed by atoms with Crippen LogP contribution in [0.1, 0.15) is 16.1 Å². The summed E-state index contributed by atoms with van der Waals surface area (Å²) in [6.45, 7) is 3.98. The number of aryl methyl sites for hydroxylation is 2. The van der Waals surface area contributed by atoms with Gasteiger partial charge in [0.2, 0.25) is 0 Å². The second-order valence-corrected chi connectivity index (χ2v) is 5.23. The molecule has 0 saturated carbocycles. The first-order chi connectivity index (χ1) is 8.10. The van der Waals surface area contributed by atoms with Crippen molar-refractivity contribution in [3.63, 3.8) is 0 Å². The molecule has 0 saturated heterocycles. The molecule has 0 fully saturated rings. The smallest absolute Gasteiger partial charge is 0.187 e. The first kappa shape index (κ1) is 11.9. The Morgan fingerprint density at radius 2 is 2.18 bits per heavy atom. The molecule has 1 aromatic carbocycles. The summed E-state index contributed by atoms with van der Waals surface area (Å²) in [6, 6.07) is 7.28. The highest BCUT2D eigenvalue weighted by molar-refractivity contribution is 7.15. The van der Waals surface area contributed by atoms with Crippen LogP contribution in [0.5, 0.6) is 0 Å². The highest BCUT2D eigenvalue weighted by Crippen LogP contribution is 2.27. The van der Waals surface area contributed by atoms with Crippen molar-refractivity contribution in [3.8, 4) is 6.07 Å². The Labute approximate surface area is 109 Å². The molecule has 0 spiro atoms. The standard InChI is InChI=1S/C12H10ClN3S/c1-7-8(2)17-12(15-7)16-11-4-3-10(13)5-9(11)6-14/h3-5H,1-2H3,(H,15,16). The molecule has 2 rings (SSSR count). The molecular weight excluding hydrogens is 254 g/mol. The predicted molar refractivity (Wildman–Crippen MR) is 71.0 cm³/mol. The Hall–Kier alpha value is -1.57. The van der Waals surface area contributed by atoms with Gasteiger partial charge in [-0.1, -0.05) is 11.6 Å². The van der Waals surface area contributed by atoms with Crippen LogP contribution in [-0.2, 0) is 0 Å². The van der Waals surface area contributed by atoms with Gasteiger partial charge in [-0.15, -0.1) is 11.3 Å². The van der Waals surface area contributed by atoms with Crippen LogP contribution in [0, 0.1) is 25.2 Å². The number of nitrogens with zero attached hydrogens (tertiary/aromatic N) is 2. The van der Waals surface area contributed by atoms with E-state index in [-0.39, 0.29) is 0 Å². The fourth-order valence-corrected chi connectivity index (χ4v) is 2.36. The lowest BCUT2D eigenvalue weighted by atomic mass is 10.2. The zero-order valence-corrected chi connectivity index (χ0v) is 11.0. The molecule has 86 valence electrons. The van der Waals surface area contributed by atoms with Gasteiger partial charge >= 0.3 is 0 Å². The number of thiazole rings is 1. The van der Waals surface area contributed by atoms with Gasteiger partial charge in [0, 0.05) is 9.90 Å². The van der Waals surface area contributed by atoms with E-state index >= 15 is 0 Å². The van der Waals surface area contributed by atoms with E-state index in [1.165, 1.54) is 4.88 Å². The average molecular weight is 264 g/mol. The molecule has 5 heteroatoms. The Kier molecular flexibility index (Phi) is 3.32. The highest BCUT2D eigenvalue weighted by Gasteiger charge is 2.07. The fraction of sp³-hybridized carbons (Fsp3) is 0.167. The number of hydrogen-bond donors (Lipinski definition) is 1. The van der Waals surface area contributed by atoms with E-state index in [0.29, 0.717) is 10.6 Å². The average Bonchev–Trinajstić information content (AvgIpc) is 2.60. The first-order valence-corrected chi connectivity index (χ1v) is 6.20. The van der Waals surface area contributed by atoms with Crippen LogP contribution in [0.25, 0.3) is 0 Å². The third-order valence-corrected chi connectivity index (χ3v) is 3.60. The Morgan fingerprint density at radius 3 is 2.76 bits per heavy atom. The largest absolute Gasteiger partial charge is 0.330 e. The summed E-state index contributed by atoms with van der Waals surface area (Å²) in [4.78, 5) is 5.53. The molecule has 3 nitrogen and oxygen atoms in total. The Balaban J connectivity index is 2.33. The summed E-state index contributed by atoms with van der Waals surface area (Å²) < 4.78 is 0. The van der Waals surface area contributed by atoms with Crippen molar-refractivity contribution in [2.45, 2.75) is 13.8 Å². The second-order valence-electron chi connectivity index (χ2n) is 3.59. The van der Waals surface area contributed by atoms with Crippen molar-refractivity contribution in [2.75, 3.05) is 5.32 Å². The zero-order chi connectivity index (χ0) is 12.4. The third-order valence-electron chi connectivity index (χ3n) is 2.37. The van der Waals surface area contributed by atoms with E-state index < -0.39 is 0 Å². The minimum absolute atomic E-state index is 0.517. The van der Waals surface area contributed by atoms with Crippen LogP contribution >= 0.6 is 22.9 Å². The zero-order valence-electron chi connectivity index (χ0n) is 9.41. The maximum Gasteiger partial charge on any atom is 0.187 e. The molecule has 0 aliphatic carbocycles. The molecule has 0 bridgehead atoms. The van der Waals surface area contributed by atoms with Crippen molar-refractivity contribution < 1.29 is 0 Å². The number of hydrogen-bond acceptors (Lipinski definition) is 4. The number of halogens is 1. The molecule has 1 N–H and O–H groups in total. The van der Waals surface area contributed by atoms with Gasteiger partial charge in [-0.25, -0.2) is 4.98 Å². The fourth-order valence-electron chi connectivity index (χ4n) is 1.36. The molecule has 0 aliphatic rings. The number of benzene rings is 1. The summed E-state index contributed by atoms with van der Waals surface area (Å²) in [5, 5.41) is 13.5. The number of aromatic nitrogens is 1.